The molecule has 7 heteroatoms. The Morgan fingerprint density at radius 3 is 2.55 bits per heavy atom. The van der Waals surface area contributed by atoms with Crippen molar-refractivity contribution in [3.05, 3.63) is 18.2 Å². The smallest absolute Gasteiger partial charge is 0.243 e. The zero-order valence-corrected chi connectivity index (χ0v) is 14.1. The van der Waals surface area contributed by atoms with Crippen LogP contribution in [0.5, 0.6) is 11.5 Å². The summed E-state index contributed by atoms with van der Waals surface area (Å²) in [4.78, 5) is 0.207. The molecule has 2 unspecified atom stereocenters. The first-order valence-corrected chi connectivity index (χ1v) is 8.82. The van der Waals surface area contributed by atoms with Crippen molar-refractivity contribution in [3.8, 4) is 11.5 Å². The first kappa shape index (κ1) is 17.1. The van der Waals surface area contributed by atoms with Crippen molar-refractivity contribution in [2.45, 2.75) is 30.7 Å². The van der Waals surface area contributed by atoms with Gasteiger partial charge in [-0.05, 0) is 30.9 Å². The average molecular weight is 328 g/mol. The van der Waals surface area contributed by atoms with Crippen LogP contribution in [-0.2, 0) is 10.0 Å². The second-order valence-electron chi connectivity index (χ2n) is 5.65. The molecule has 1 aliphatic heterocycles. The predicted molar refractivity (Wildman–Crippen MR) is 84.7 cm³/mol. The highest BCUT2D eigenvalue weighted by molar-refractivity contribution is 7.89. The van der Waals surface area contributed by atoms with E-state index in [0.717, 1.165) is 12.8 Å². The van der Waals surface area contributed by atoms with E-state index < -0.39 is 10.0 Å². The lowest BCUT2D eigenvalue weighted by Crippen LogP contribution is -2.49. The minimum absolute atomic E-state index is 0.151. The molecule has 0 aliphatic carbocycles. The van der Waals surface area contributed by atoms with Gasteiger partial charge in [-0.25, -0.2) is 8.42 Å². The van der Waals surface area contributed by atoms with Crippen molar-refractivity contribution in [1.29, 1.82) is 0 Å². The van der Waals surface area contributed by atoms with Crippen molar-refractivity contribution >= 4 is 10.0 Å². The van der Waals surface area contributed by atoms with Gasteiger partial charge in [-0.15, -0.1) is 0 Å². The summed E-state index contributed by atoms with van der Waals surface area (Å²) in [5, 5.41) is 0. The van der Waals surface area contributed by atoms with Crippen molar-refractivity contribution in [3.63, 3.8) is 0 Å². The van der Waals surface area contributed by atoms with E-state index in [2.05, 4.69) is 6.92 Å². The molecule has 0 saturated carbocycles. The van der Waals surface area contributed by atoms with E-state index in [0.29, 0.717) is 30.5 Å². The quantitative estimate of drug-likeness (QED) is 0.885. The first-order valence-electron chi connectivity index (χ1n) is 7.38. The monoisotopic (exact) mass is 328 g/mol. The molecule has 0 spiro atoms. The van der Waals surface area contributed by atoms with Crippen LogP contribution < -0.4 is 15.2 Å². The summed E-state index contributed by atoms with van der Waals surface area (Å²) in [5.74, 6) is 1.40. The van der Waals surface area contributed by atoms with Crippen LogP contribution in [0.25, 0.3) is 0 Å². The number of piperidine rings is 1. The van der Waals surface area contributed by atoms with Crippen LogP contribution in [0.4, 0.5) is 0 Å². The molecule has 6 nitrogen and oxygen atoms in total. The standard InChI is InChI=1S/C15H24N2O4S/c1-11-6-7-17(12(8-11)10-16)22(18,19)13-4-5-14(20-2)15(9-13)21-3/h4-5,9,11-12H,6-8,10,16H2,1-3H3. The number of nitrogens with two attached hydrogens (primary N) is 1. The van der Waals surface area contributed by atoms with Crippen LogP contribution in [0.2, 0.25) is 0 Å². The average Bonchev–Trinajstić information content (AvgIpc) is 2.53. The highest BCUT2D eigenvalue weighted by Gasteiger charge is 2.35. The molecule has 0 radical (unpaired) electrons. The summed E-state index contributed by atoms with van der Waals surface area (Å²) in [5.41, 5.74) is 5.78. The lowest BCUT2D eigenvalue weighted by atomic mass is 9.94. The number of methoxy groups -OCH3 is 2. The number of ether oxygens (including phenoxy) is 2. The Labute approximate surface area is 132 Å². The van der Waals surface area contributed by atoms with E-state index in [1.54, 1.807) is 12.1 Å². The Hall–Kier alpha value is -1.31. The molecule has 1 heterocycles. The van der Waals surface area contributed by atoms with Crippen LogP contribution >= 0.6 is 0 Å². The molecule has 2 atom stereocenters. The second-order valence-corrected chi connectivity index (χ2v) is 7.54. The number of hydrogen-bond acceptors (Lipinski definition) is 5. The van der Waals surface area contributed by atoms with Gasteiger partial charge in [0.15, 0.2) is 11.5 Å². The van der Waals surface area contributed by atoms with E-state index in [1.807, 2.05) is 0 Å². The Bertz CT molecular complexity index is 618. The second kappa shape index (κ2) is 6.85. The van der Waals surface area contributed by atoms with Crippen molar-refractivity contribution < 1.29 is 17.9 Å². The van der Waals surface area contributed by atoms with E-state index >= 15 is 0 Å². The summed E-state index contributed by atoms with van der Waals surface area (Å²) in [6.07, 6.45) is 1.64. The van der Waals surface area contributed by atoms with Crippen molar-refractivity contribution in [2.24, 2.45) is 11.7 Å². The Kier molecular flexibility index (Phi) is 5.31. The van der Waals surface area contributed by atoms with E-state index in [1.165, 1.54) is 24.6 Å². The Balaban J connectivity index is 2.37. The van der Waals surface area contributed by atoms with E-state index in [9.17, 15) is 8.42 Å². The Morgan fingerprint density at radius 1 is 1.27 bits per heavy atom. The van der Waals surface area contributed by atoms with Gasteiger partial charge in [0, 0.05) is 25.2 Å². The molecule has 1 aliphatic rings. The summed E-state index contributed by atoms with van der Waals surface area (Å²) in [7, 11) is -0.585. The fraction of sp³-hybridized carbons (Fsp3) is 0.600. The normalized spacial score (nSPS) is 23.3. The van der Waals surface area contributed by atoms with Gasteiger partial charge in [-0.1, -0.05) is 6.92 Å². The third-order valence-corrected chi connectivity index (χ3v) is 6.11. The van der Waals surface area contributed by atoms with E-state index in [-0.39, 0.29) is 10.9 Å². The molecule has 22 heavy (non-hydrogen) atoms. The number of sulfonamides is 1. The molecular formula is C15H24N2O4S. The van der Waals surface area contributed by atoms with Gasteiger partial charge >= 0.3 is 0 Å². The Morgan fingerprint density at radius 2 is 1.95 bits per heavy atom. The molecule has 0 amide bonds. The number of hydrogen-bond donors (Lipinski definition) is 1. The summed E-state index contributed by atoms with van der Waals surface area (Å²) in [6, 6.07) is 4.50. The molecule has 1 saturated heterocycles. The molecule has 1 aromatic carbocycles. The van der Waals surface area contributed by atoms with Crippen LogP contribution in [0, 0.1) is 5.92 Å². The lowest BCUT2D eigenvalue weighted by molar-refractivity contribution is 0.211. The molecule has 1 aromatic rings. The predicted octanol–water partition coefficient (Wildman–Crippen LogP) is 1.45. The highest BCUT2D eigenvalue weighted by Crippen LogP contribution is 2.33. The molecule has 2 rings (SSSR count). The molecular weight excluding hydrogens is 304 g/mol. The van der Waals surface area contributed by atoms with Gasteiger partial charge in [0.2, 0.25) is 10.0 Å². The fourth-order valence-corrected chi connectivity index (χ4v) is 4.55. The van der Waals surface area contributed by atoms with Crippen LogP contribution in [0.15, 0.2) is 23.1 Å². The summed E-state index contributed by atoms with van der Waals surface area (Å²) < 4.78 is 37.7. The maximum atomic E-state index is 12.9. The summed E-state index contributed by atoms with van der Waals surface area (Å²) in [6.45, 7) is 2.96. The number of rotatable bonds is 5. The third-order valence-electron chi connectivity index (χ3n) is 4.16. The van der Waals surface area contributed by atoms with Crippen molar-refractivity contribution in [1.82, 2.24) is 4.31 Å². The minimum atomic E-state index is -3.59. The van der Waals surface area contributed by atoms with Crippen LogP contribution in [0.1, 0.15) is 19.8 Å². The SMILES string of the molecule is COc1ccc(S(=O)(=O)N2CCC(C)CC2CN)cc1OC. The van der Waals surface area contributed by atoms with Gasteiger partial charge in [0.1, 0.15) is 0 Å². The van der Waals surface area contributed by atoms with Crippen LogP contribution in [-0.4, -0.2) is 46.1 Å². The largest absolute Gasteiger partial charge is 0.493 e. The van der Waals surface area contributed by atoms with Gasteiger partial charge < -0.3 is 15.2 Å². The number of benzene rings is 1. The molecule has 2 N–H and O–H groups in total. The minimum Gasteiger partial charge on any atom is -0.493 e. The maximum absolute atomic E-state index is 12.9. The van der Waals surface area contributed by atoms with Crippen molar-refractivity contribution in [2.75, 3.05) is 27.3 Å². The highest BCUT2D eigenvalue weighted by atomic mass is 32.2. The topological polar surface area (TPSA) is 81.9 Å². The molecule has 0 aromatic heterocycles. The maximum Gasteiger partial charge on any atom is 0.243 e. The lowest BCUT2D eigenvalue weighted by Gasteiger charge is -2.36. The summed E-state index contributed by atoms with van der Waals surface area (Å²) >= 11 is 0. The molecule has 0 bridgehead atoms. The fourth-order valence-electron chi connectivity index (χ4n) is 2.87. The zero-order chi connectivity index (χ0) is 16.3. The van der Waals surface area contributed by atoms with Gasteiger partial charge in [0.25, 0.3) is 0 Å². The molecule has 1 fully saturated rings. The molecule has 124 valence electrons. The van der Waals surface area contributed by atoms with Gasteiger partial charge in [-0.3, -0.25) is 0 Å². The van der Waals surface area contributed by atoms with Crippen LogP contribution in [0.3, 0.4) is 0 Å². The first-order chi connectivity index (χ1) is 10.4. The third kappa shape index (κ3) is 3.21. The zero-order valence-electron chi connectivity index (χ0n) is 13.3. The van der Waals surface area contributed by atoms with E-state index in [4.69, 9.17) is 15.2 Å². The van der Waals surface area contributed by atoms with Gasteiger partial charge in [0.05, 0.1) is 19.1 Å². The number of nitrogens with zero attached hydrogens (tertiary/aromatic N) is 1. The van der Waals surface area contributed by atoms with Gasteiger partial charge in [-0.2, -0.15) is 4.31 Å².